The molecule has 3 nitrogen and oxygen atoms in total. The Labute approximate surface area is 124 Å². The van der Waals surface area contributed by atoms with E-state index in [0.29, 0.717) is 29.4 Å². The van der Waals surface area contributed by atoms with Crippen molar-refractivity contribution in [1.82, 2.24) is 4.90 Å². The van der Waals surface area contributed by atoms with Gasteiger partial charge in [0.25, 0.3) is 0 Å². The number of aliphatic hydroxyl groups excluding tert-OH is 1. The van der Waals surface area contributed by atoms with Crippen molar-refractivity contribution in [2.24, 2.45) is 0 Å². The first-order valence-electron chi connectivity index (χ1n) is 6.30. The molecule has 1 aromatic rings. The molecule has 0 aliphatic heterocycles. The Morgan fingerprint density at radius 2 is 2.05 bits per heavy atom. The highest BCUT2D eigenvalue weighted by Gasteiger charge is 2.16. The molecule has 0 unspecified atom stereocenters. The van der Waals surface area contributed by atoms with Crippen molar-refractivity contribution in [3.63, 3.8) is 0 Å². The van der Waals surface area contributed by atoms with Gasteiger partial charge in [-0.3, -0.25) is 4.79 Å². The molecule has 0 fully saturated rings. The quantitative estimate of drug-likeness (QED) is 0.877. The molecule has 5 heteroatoms. The topological polar surface area (TPSA) is 40.5 Å². The van der Waals surface area contributed by atoms with Crippen molar-refractivity contribution in [1.29, 1.82) is 0 Å². The largest absolute Gasteiger partial charge is 0.395 e. The molecular weight excluding hydrogens is 285 g/mol. The lowest BCUT2D eigenvalue weighted by Crippen LogP contribution is -2.39. The summed E-state index contributed by atoms with van der Waals surface area (Å²) in [5.74, 6) is 0.0232. The molecule has 0 aliphatic rings. The maximum Gasteiger partial charge on any atom is 0.223 e. The van der Waals surface area contributed by atoms with E-state index in [1.54, 1.807) is 17.0 Å². The Balaban J connectivity index is 2.62. The molecule has 19 heavy (non-hydrogen) atoms. The first-order chi connectivity index (χ1) is 8.95. The number of hydrogen-bond donors (Lipinski definition) is 1. The summed E-state index contributed by atoms with van der Waals surface area (Å²) in [4.78, 5) is 13.7. The molecule has 1 N–H and O–H groups in total. The molecule has 1 amide bonds. The molecule has 0 bridgehead atoms. The average molecular weight is 304 g/mol. The first kappa shape index (κ1) is 16.3. The summed E-state index contributed by atoms with van der Waals surface area (Å²) >= 11 is 11.9. The van der Waals surface area contributed by atoms with E-state index < -0.39 is 0 Å². The van der Waals surface area contributed by atoms with Crippen LogP contribution in [0.4, 0.5) is 0 Å². The molecule has 0 aromatic heterocycles. The third-order valence-corrected chi connectivity index (χ3v) is 3.49. The summed E-state index contributed by atoms with van der Waals surface area (Å²) in [7, 11) is 0. The average Bonchev–Trinajstić information content (AvgIpc) is 2.34. The molecule has 1 aromatic carbocycles. The third-order valence-electron chi connectivity index (χ3n) is 2.91. The highest BCUT2D eigenvalue weighted by atomic mass is 35.5. The molecule has 106 valence electrons. The van der Waals surface area contributed by atoms with Crippen molar-refractivity contribution in [2.75, 3.05) is 13.2 Å². The molecule has 0 heterocycles. The van der Waals surface area contributed by atoms with Gasteiger partial charge in [-0.1, -0.05) is 29.3 Å². The fourth-order valence-electron chi connectivity index (χ4n) is 1.89. The number of benzene rings is 1. The first-order valence-corrected chi connectivity index (χ1v) is 7.05. The van der Waals surface area contributed by atoms with E-state index in [1.807, 2.05) is 19.9 Å². The van der Waals surface area contributed by atoms with Crippen LogP contribution in [0.15, 0.2) is 18.2 Å². The second-order valence-electron chi connectivity index (χ2n) is 4.64. The molecule has 1 rings (SSSR count). The van der Waals surface area contributed by atoms with Crippen LogP contribution in [-0.4, -0.2) is 35.1 Å². The van der Waals surface area contributed by atoms with E-state index in [1.165, 1.54) is 0 Å². The van der Waals surface area contributed by atoms with Crippen molar-refractivity contribution in [3.8, 4) is 0 Å². The summed E-state index contributed by atoms with van der Waals surface area (Å²) < 4.78 is 0. The molecule has 0 saturated heterocycles. The maximum absolute atomic E-state index is 12.1. The Morgan fingerprint density at radius 3 is 2.58 bits per heavy atom. The van der Waals surface area contributed by atoms with Gasteiger partial charge in [-0.25, -0.2) is 0 Å². The van der Waals surface area contributed by atoms with E-state index >= 15 is 0 Å². The SMILES string of the molecule is CC(C)N(CCO)C(=O)CCc1ccc(Cl)cc1Cl. The van der Waals surface area contributed by atoms with Gasteiger partial charge in [-0.2, -0.15) is 0 Å². The van der Waals surface area contributed by atoms with Crippen LogP contribution in [0.1, 0.15) is 25.8 Å². The molecule has 0 spiro atoms. The van der Waals surface area contributed by atoms with Crippen LogP contribution in [0.5, 0.6) is 0 Å². The molecule has 0 radical (unpaired) electrons. The van der Waals surface area contributed by atoms with E-state index in [4.69, 9.17) is 28.3 Å². The summed E-state index contributed by atoms with van der Waals surface area (Å²) in [6.45, 7) is 4.21. The number of hydrogen-bond acceptors (Lipinski definition) is 2. The zero-order valence-corrected chi connectivity index (χ0v) is 12.7. The summed E-state index contributed by atoms with van der Waals surface area (Å²) in [6, 6.07) is 5.36. The molecular formula is C14H19Cl2NO2. The van der Waals surface area contributed by atoms with Crippen LogP contribution in [0, 0.1) is 0 Å². The monoisotopic (exact) mass is 303 g/mol. The summed E-state index contributed by atoms with van der Waals surface area (Å²) in [5.41, 5.74) is 0.909. The standard InChI is InChI=1S/C14H19Cl2NO2/c1-10(2)17(7-8-18)14(19)6-4-11-3-5-12(15)9-13(11)16/h3,5,9-10,18H,4,6-8H2,1-2H3. The third kappa shape index (κ3) is 5.01. The second kappa shape index (κ2) is 7.73. The fraction of sp³-hybridized carbons (Fsp3) is 0.500. The van der Waals surface area contributed by atoms with Gasteiger partial charge in [0.05, 0.1) is 6.61 Å². The number of nitrogens with zero attached hydrogens (tertiary/aromatic N) is 1. The Kier molecular flexibility index (Phi) is 6.63. The number of halogens is 2. The Bertz CT molecular complexity index is 435. The van der Waals surface area contributed by atoms with Gasteiger partial charge in [-0.05, 0) is 38.0 Å². The van der Waals surface area contributed by atoms with Crippen LogP contribution >= 0.6 is 23.2 Å². The van der Waals surface area contributed by atoms with Gasteiger partial charge in [0.15, 0.2) is 0 Å². The Hall–Kier alpha value is -0.770. The number of rotatable bonds is 6. The predicted octanol–water partition coefficient (Wildman–Crippen LogP) is 3.16. The van der Waals surface area contributed by atoms with Gasteiger partial charge in [0.2, 0.25) is 5.91 Å². The van der Waals surface area contributed by atoms with Crippen molar-refractivity contribution < 1.29 is 9.90 Å². The minimum absolute atomic E-state index is 0.0222. The predicted molar refractivity (Wildman–Crippen MR) is 78.7 cm³/mol. The zero-order chi connectivity index (χ0) is 14.4. The van der Waals surface area contributed by atoms with Crippen molar-refractivity contribution in [3.05, 3.63) is 33.8 Å². The zero-order valence-electron chi connectivity index (χ0n) is 11.2. The lowest BCUT2D eigenvalue weighted by Gasteiger charge is -2.26. The van der Waals surface area contributed by atoms with Crippen molar-refractivity contribution in [2.45, 2.75) is 32.7 Å². The normalized spacial score (nSPS) is 10.8. The van der Waals surface area contributed by atoms with Crippen LogP contribution < -0.4 is 0 Å². The fourth-order valence-corrected chi connectivity index (χ4v) is 2.39. The lowest BCUT2D eigenvalue weighted by atomic mass is 10.1. The van der Waals surface area contributed by atoms with Crippen LogP contribution in [-0.2, 0) is 11.2 Å². The lowest BCUT2D eigenvalue weighted by molar-refractivity contribution is -0.133. The van der Waals surface area contributed by atoms with Gasteiger partial charge in [0, 0.05) is 29.1 Å². The second-order valence-corrected chi connectivity index (χ2v) is 5.48. The molecule has 0 aliphatic carbocycles. The molecule has 0 atom stereocenters. The van der Waals surface area contributed by atoms with Gasteiger partial charge in [0.1, 0.15) is 0 Å². The van der Waals surface area contributed by atoms with E-state index in [0.717, 1.165) is 5.56 Å². The van der Waals surface area contributed by atoms with Gasteiger partial charge in [-0.15, -0.1) is 0 Å². The number of carbonyl (C=O) groups is 1. The van der Waals surface area contributed by atoms with Gasteiger partial charge < -0.3 is 10.0 Å². The summed E-state index contributed by atoms with van der Waals surface area (Å²) in [5, 5.41) is 10.1. The Morgan fingerprint density at radius 1 is 1.37 bits per heavy atom. The van der Waals surface area contributed by atoms with Crippen LogP contribution in [0.3, 0.4) is 0 Å². The van der Waals surface area contributed by atoms with Gasteiger partial charge >= 0.3 is 0 Å². The van der Waals surface area contributed by atoms with E-state index in [2.05, 4.69) is 0 Å². The highest BCUT2D eigenvalue weighted by molar-refractivity contribution is 6.35. The highest BCUT2D eigenvalue weighted by Crippen LogP contribution is 2.22. The van der Waals surface area contributed by atoms with Crippen molar-refractivity contribution >= 4 is 29.1 Å². The number of aryl methyl sites for hydroxylation is 1. The number of carbonyl (C=O) groups excluding carboxylic acids is 1. The smallest absolute Gasteiger partial charge is 0.223 e. The minimum atomic E-state index is -0.0222. The molecule has 0 saturated carbocycles. The maximum atomic E-state index is 12.1. The van der Waals surface area contributed by atoms with Crippen LogP contribution in [0.25, 0.3) is 0 Å². The van der Waals surface area contributed by atoms with E-state index in [-0.39, 0.29) is 18.6 Å². The summed E-state index contributed by atoms with van der Waals surface area (Å²) in [6.07, 6.45) is 0.947. The number of amides is 1. The number of aliphatic hydroxyl groups is 1. The van der Waals surface area contributed by atoms with Crippen LogP contribution in [0.2, 0.25) is 10.0 Å². The van der Waals surface area contributed by atoms with E-state index in [9.17, 15) is 4.79 Å². The minimum Gasteiger partial charge on any atom is -0.395 e.